The van der Waals surface area contributed by atoms with Crippen molar-refractivity contribution in [3.63, 3.8) is 0 Å². The number of carbonyl (C=O) groups is 1. The van der Waals surface area contributed by atoms with Crippen LogP contribution in [0.1, 0.15) is 31.9 Å². The number of fused-ring (bicyclic) bond motifs is 1. The lowest BCUT2D eigenvalue weighted by Gasteiger charge is -2.18. The summed E-state index contributed by atoms with van der Waals surface area (Å²) in [7, 11) is 0. The maximum Gasteiger partial charge on any atom is 0.230 e. The summed E-state index contributed by atoms with van der Waals surface area (Å²) in [5.74, 6) is 1.71. The zero-order valence-electron chi connectivity index (χ0n) is 18.6. The molecule has 0 aliphatic carbocycles. The van der Waals surface area contributed by atoms with Crippen LogP contribution in [0.25, 0.3) is 5.69 Å². The number of rotatable bonds is 9. The molecule has 32 heavy (non-hydrogen) atoms. The molecule has 1 amide bonds. The number of benzene rings is 2. The topological polar surface area (TPSA) is 78.3 Å². The summed E-state index contributed by atoms with van der Waals surface area (Å²) >= 11 is 1.36. The van der Waals surface area contributed by atoms with Gasteiger partial charge in [0.05, 0.1) is 18.0 Å². The van der Waals surface area contributed by atoms with Crippen molar-refractivity contribution in [1.29, 1.82) is 0 Å². The highest BCUT2D eigenvalue weighted by Crippen LogP contribution is 2.41. The molecule has 2 aromatic carbocycles. The molecule has 0 saturated heterocycles. The molecule has 0 fully saturated rings. The molecule has 0 unspecified atom stereocenters. The average Bonchev–Trinajstić information content (AvgIpc) is 3.38. The summed E-state index contributed by atoms with van der Waals surface area (Å²) in [5, 5.41) is 11.8. The number of para-hydroxylation sites is 2. The van der Waals surface area contributed by atoms with E-state index in [1.54, 1.807) is 6.33 Å². The van der Waals surface area contributed by atoms with Gasteiger partial charge in [0, 0.05) is 12.0 Å². The van der Waals surface area contributed by atoms with E-state index in [9.17, 15) is 4.79 Å². The first-order valence-corrected chi connectivity index (χ1v) is 11.8. The van der Waals surface area contributed by atoms with Crippen molar-refractivity contribution in [2.75, 3.05) is 18.9 Å². The molecule has 0 saturated carbocycles. The summed E-state index contributed by atoms with van der Waals surface area (Å²) < 4.78 is 13.8. The van der Waals surface area contributed by atoms with E-state index >= 15 is 0 Å². The smallest absolute Gasteiger partial charge is 0.230 e. The molecule has 7 nitrogen and oxygen atoms in total. The molecule has 2 heterocycles. The number of amides is 1. The van der Waals surface area contributed by atoms with Crippen LogP contribution in [0, 0.1) is 0 Å². The minimum Gasteiger partial charge on any atom is -0.488 e. The van der Waals surface area contributed by atoms with Crippen LogP contribution in [0.5, 0.6) is 11.5 Å². The summed E-state index contributed by atoms with van der Waals surface area (Å²) in [6, 6.07) is 14.1. The molecule has 8 heteroatoms. The van der Waals surface area contributed by atoms with Crippen LogP contribution < -0.4 is 14.8 Å². The van der Waals surface area contributed by atoms with Gasteiger partial charge in [0.15, 0.2) is 16.7 Å². The lowest BCUT2D eigenvalue weighted by molar-refractivity contribution is -0.118. The van der Waals surface area contributed by atoms with Crippen molar-refractivity contribution in [2.45, 2.75) is 44.4 Å². The maximum atomic E-state index is 12.3. The van der Waals surface area contributed by atoms with Crippen molar-refractivity contribution in [3.8, 4) is 17.2 Å². The average molecular weight is 453 g/mol. The predicted octanol–water partition coefficient (Wildman–Crippen LogP) is 3.83. The van der Waals surface area contributed by atoms with E-state index in [4.69, 9.17) is 9.47 Å². The third-order valence-electron chi connectivity index (χ3n) is 5.22. The first kappa shape index (κ1) is 22.2. The van der Waals surface area contributed by atoms with Gasteiger partial charge in [0.1, 0.15) is 18.5 Å². The highest BCUT2D eigenvalue weighted by molar-refractivity contribution is 7.99. The lowest BCUT2D eigenvalue weighted by Crippen LogP contribution is -2.29. The van der Waals surface area contributed by atoms with Crippen LogP contribution >= 0.6 is 11.8 Å². The molecule has 4 rings (SSSR count). The van der Waals surface area contributed by atoms with Crippen LogP contribution in [0.2, 0.25) is 0 Å². The monoisotopic (exact) mass is 452 g/mol. The summed E-state index contributed by atoms with van der Waals surface area (Å²) in [5.41, 5.74) is 3.18. The zero-order valence-corrected chi connectivity index (χ0v) is 19.4. The minimum absolute atomic E-state index is 0.0763. The number of aromatic nitrogens is 3. The summed E-state index contributed by atoms with van der Waals surface area (Å²) in [6.45, 7) is 7.03. The Bertz CT molecular complexity index is 1100. The third-order valence-corrected chi connectivity index (χ3v) is 6.16. The van der Waals surface area contributed by atoms with E-state index in [2.05, 4.69) is 48.4 Å². The summed E-state index contributed by atoms with van der Waals surface area (Å²) in [6.07, 6.45) is 3.46. The lowest BCUT2D eigenvalue weighted by atomic mass is 10.0. The Balaban J connectivity index is 1.26. The van der Waals surface area contributed by atoms with Gasteiger partial charge in [-0.15, -0.1) is 10.2 Å². The van der Waals surface area contributed by atoms with E-state index in [0.717, 1.165) is 35.6 Å². The second-order valence-electron chi connectivity index (χ2n) is 8.24. The Hall–Kier alpha value is -3.00. The van der Waals surface area contributed by atoms with Crippen LogP contribution in [-0.2, 0) is 17.6 Å². The van der Waals surface area contributed by atoms with Gasteiger partial charge in [-0.3, -0.25) is 9.36 Å². The van der Waals surface area contributed by atoms with Gasteiger partial charge in [-0.2, -0.15) is 0 Å². The van der Waals surface area contributed by atoms with E-state index in [-0.39, 0.29) is 17.3 Å². The Labute approximate surface area is 192 Å². The quantitative estimate of drug-likeness (QED) is 0.393. The Morgan fingerprint density at radius 1 is 1.25 bits per heavy atom. The van der Waals surface area contributed by atoms with Crippen molar-refractivity contribution in [2.24, 2.45) is 0 Å². The number of nitrogens with zero attached hydrogens (tertiary/aromatic N) is 3. The molecule has 0 atom stereocenters. The molecule has 1 aliphatic rings. The predicted molar refractivity (Wildman–Crippen MR) is 125 cm³/mol. The maximum absolute atomic E-state index is 12.3. The van der Waals surface area contributed by atoms with Crippen LogP contribution in [0.3, 0.4) is 0 Å². The second-order valence-corrected chi connectivity index (χ2v) is 9.18. The van der Waals surface area contributed by atoms with Crippen molar-refractivity contribution >= 4 is 17.7 Å². The van der Waals surface area contributed by atoms with Crippen molar-refractivity contribution < 1.29 is 14.3 Å². The van der Waals surface area contributed by atoms with Gasteiger partial charge in [-0.1, -0.05) is 49.0 Å². The number of nitrogens with one attached hydrogen (secondary N) is 1. The highest BCUT2D eigenvalue weighted by atomic mass is 32.2. The molecule has 0 spiro atoms. The van der Waals surface area contributed by atoms with E-state index in [0.29, 0.717) is 18.3 Å². The Morgan fingerprint density at radius 2 is 2.09 bits per heavy atom. The Kier molecular flexibility index (Phi) is 6.69. The molecule has 168 valence electrons. The second kappa shape index (κ2) is 9.65. The fourth-order valence-corrected chi connectivity index (χ4v) is 4.52. The van der Waals surface area contributed by atoms with Gasteiger partial charge in [-0.25, -0.2) is 0 Å². The van der Waals surface area contributed by atoms with E-state index < -0.39 is 0 Å². The SMILES string of the molecule is CCc1ccccc1-n1cnnc1SCC(=O)NCCOc1cccc2c1OC(C)(C)C2. The van der Waals surface area contributed by atoms with Crippen molar-refractivity contribution in [3.05, 3.63) is 59.9 Å². The minimum atomic E-state index is -0.217. The number of hydrogen-bond donors (Lipinski definition) is 1. The number of carbonyl (C=O) groups excluding carboxylic acids is 1. The van der Waals surface area contributed by atoms with Crippen LogP contribution in [0.4, 0.5) is 0 Å². The van der Waals surface area contributed by atoms with Gasteiger partial charge in [0.25, 0.3) is 0 Å². The Morgan fingerprint density at radius 3 is 2.94 bits per heavy atom. The largest absolute Gasteiger partial charge is 0.488 e. The molecule has 3 aromatic rings. The number of hydrogen-bond acceptors (Lipinski definition) is 6. The summed E-state index contributed by atoms with van der Waals surface area (Å²) in [4.78, 5) is 12.3. The zero-order chi connectivity index (χ0) is 22.6. The fourth-order valence-electron chi connectivity index (χ4n) is 3.77. The van der Waals surface area contributed by atoms with Crippen LogP contribution in [0.15, 0.2) is 53.9 Å². The van der Waals surface area contributed by atoms with Crippen LogP contribution in [-0.4, -0.2) is 45.2 Å². The molecule has 1 N–H and O–H groups in total. The third kappa shape index (κ3) is 5.07. The molecular weight excluding hydrogens is 424 g/mol. The molecule has 1 aliphatic heterocycles. The fraction of sp³-hybridized carbons (Fsp3) is 0.375. The van der Waals surface area contributed by atoms with Gasteiger partial charge >= 0.3 is 0 Å². The van der Waals surface area contributed by atoms with Crippen molar-refractivity contribution in [1.82, 2.24) is 20.1 Å². The first-order chi connectivity index (χ1) is 15.5. The first-order valence-electron chi connectivity index (χ1n) is 10.8. The van der Waals surface area contributed by atoms with Gasteiger partial charge in [0.2, 0.25) is 5.91 Å². The highest BCUT2D eigenvalue weighted by Gasteiger charge is 2.32. The number of thioether (sulfide) groups is 1. The molecular formula is C24H28N4O3S. The van der Waals surface area contributed by atoms with Gasteiger partial charge < -0.3 is 14.8 Å². The number of aryl methyl sites for hydroxylation is 1. The molecule has 0 radical (unpaired) electrons. The van der Waals surface area contributed by atoms with Gasteiger partial charge in [-0.05, 0) is 38.0 Å². The molecule has 1 aromatic heterocycles. The number of ether oxygens (including phenoxy) is 2. The van der Waals surface area contributed by atoms with E-state index in [1.807, 2.05) is 34.9 Å². The van der Waals surface area contributed by atoms with E-state index in [1.165, 1.54) is 17.3 Å². The standard InChI is InChI=1S/C24H28N4O3S/c1-4-17-8-5-6-10-19(17)28-16-26-27-23(28)32-15-21(29)25-12-13-30-20-11-7-9-18-14-24(2,3)31-22(18)20/h5-11,16H,4,12-15H2,1-3H3,(H,25,29). The normalized spacial score (nSPS) is 14.0. The molecule has 0 bridgehead atoms.